The van der Waals surface area contributed by atoms with E-state index in [1.165, 1.54) is 11.3 Å². The molecule has 0 saturated carbocycles. The van der Waals surface area contributed by atoms with Gasteiger partial charge in [-0.05, 0) is 24.3 Å². The molecule has 3 N–H and O–H groups in total. The van der Waals surface area contributed by atoms with Gasteiger partial charge < -0.3 is 15.7 Å². The summed E-state index contributed by atoms with van der Waals surface area (Å²) in [5.74, 6) is 1.63. The third kappa shape index (κ3) is 4.11. The number of rotatable bonds is 6. The molecule has 2 rings (SSSR count). The van der Waals surface area contributed by atoms with E-state index in [1.807, 2.05) is 0 Å². The number of oxime groups is 1. The van der Waals surface area contributed by atoms with Gasteiger partial charge in [0.1, 0.15) is 11.3 Å². The summed E-state index contributed by atoms with van der Waals surface area (Å²) in [7, 11) is 0. The average Bonchev–Trinajstić information content (AvgIpc) is 2.96. The van der Waals surface area contributed by atoms with Crippen molar-refractivity contribution in [2.45, 2.75) is 4.34 Å². The monoisotopic (exact) mass is 296 g/mol. The summed E-state index contributed by atoms with van der Waals surface area (Å²) in [5, 5.41) is 19.2. The molecule has 100 valence electrons. The van der Waals surface area contributed by atoms with Crippen LogP contribution in [0.3, 0.4) is 0 Å². The number of ether oxygens (including phenoxy) is 1. The SMILES string of the molecule is N/C(=N/O)c1ccc(OCCSc2nncs2)cc1. The Morgan fingerprint density at radius 1 is 1.42 bits per heavy atom. The third-order valence-corrected chi connectivity index (χ3v) is 4.00. The van der Waals surface area contributed by atoms with E-state index in [9.17, 15) is 0 Å². The summed E-state index contributed by atoms with van der Waals surface area (Å²) in [6.45, 7) is 0.577. The molecule has 0 spiro atoms. The second-order valence-electron chi connectivity index (χ2n) is 3.41. The molecule has 1 aromatic carbocycles. The van der Waals surface area contributed by atoms with Crippen molar-refractivity contribution in [2.24, 2.45) is 10.9 Å². The molecule has 0 atom stereocenters. The molecular weight excluding hydrogens is 284 g/mol. The highest BCUT2D eigenvalue weighted by Crippen LogP contribution is 2.19. The largest absolute Gasteiger partial charge is 0.493 e. The second kappa shape index (κ2) is 6.95. The van der Waals surface area contributed by atoms with E-state index < -0.39 is 0 Å². The molecule has 1 heterocycles. The van der Waals surface area contributed by atoms with E-state index in [2.05, 4.69) is 15.4 Å². The molecule has 1 aromatic heterocycles. The lowest BCUT2D eigenvalue weighted by atomic mass is 10.2. The van der Waals surface area contributed by atoms with Crippen LogP contribution in [0.15, 0.2) is 39.3 Å². The zero-order valence-corrected chi connectivity index (χ0v) is 11.5. The van der Waals surface area contributed by atoms with Crippen molar-refractivity contribution >= 4 is 28.9 Å². The molecule has 0 bridgehead atoms. The van der Waals surface area contributed by atoms with Gasteiger partial charge in [-0.1, -0.05) is 28.3 Å². The van der Waals surface area contributed by atoms with E-state index in [1.54, 1.807) is 41.5 Å². The Labute approximate surface area is 118 Å². The maximum absolute atomic E-state index is 8.54. The van der Waals surface area contributed by atoms with Gasteiger partial charge in [-0.3, -0.25) is 0 Å². The van der Waals surface area contributed by atoms with Crippen molar-refractivity contribution in [3.63, 3.8) is 0 Å². The zero-order valence-electron chi connectivity index (χ0n) is 9.89. The normalized spacial score (nSPS) is 11.5. The molecule has 0 fully saturated rings. The lowest BCUT2D eigenvalue weighted by molar-refractivity contribution is 0.318. The van der Waals surface area contributed by atoms with Crippen LogP contribution in [0.5, 0.6) is 5.75 Å². The Hall–Kier alpha value is -1.80. The molecule has 0 amide bonds. The van der Waals surface area contributed by atoms with Gasteiger partial charge in [0, 0.05) is 11.3 Å². The number of nitrogens with two attached hydrogens (primary N) is 1. The van der Waals surface area contributed by atoms with Crippen LogP contribution < -0.4 is 10.5 Å². The Morgan fingerprint density at radius 3 is 2.84 bits per heavy atom. The molecule has 19 heavy (non-hydrogen) atoms. The minimum atomic E-state index is 0.0818. The van der Waals surface area contributed by atoms with Gasteiger partial charge >= 0.3 is 0 Å². The molecular formula is C11H12N4O2S2. The number of hydrogen-bond donors (Lipinski definition) is 2. The fourth-order valence-electron chi connectivity index (χ4n) is 1.29. The van der Waals surface area contributed by atoms with Crippen LogP contribution in [0, 0.1) is 0 Å². The van der Waals surface area contributed by atoms with Gasteiger partial charge in [0.15, 0.2) is 10.2 Å². The molecule has 0 aliphatic carbocycles. The maximum Gasteiger partial charge on any atom is 0.174 e. The van der Waals surface area contributed by atoms with E-state index in [-0.39, 0.29) is 5.84 Å². The molecule has 8 heteroatoms. The van der Waals surface area contributed by atoms with Crippen LogP contribution in [-0.2, 0) is 0 Å². The molecule has 0 aliphatic heterocycles. The predicted octanol–water partition coefficient (Wildman–Crippen LogP) is 1.80. The van der Waals surface area contributed by atoms with Crippen LogP contribution in [0.4, 0.5) is 0 Å². The van der Waals surface area contributed by atoms with Gasteiger partial charge in [0.2, 0.25) is 0 Å². The minimum absolute atomic E-state index is 0.0818. The Morgan fingerprint density at radius 2 is 2.21 bits per heavy atom. The minimum Gasteiger partial charge on any atom is -0.493 e. The Balaban J connectivity index is 1.77. The second-order valence-corrected chi connectivity index (χ2v) is 5.59. The Kier molecular flexibility index (Phi) is 4.99. The standard InChI is InChI=1S/C11H12N4O2S2/c12-10(15-16)8-1-3-9(4-2-8)17-5-6-18-11-14-13-7-19-11/h1-4,7,16H,5-6H2,(H2,12,15). The van der Waals surface area contributed by atoms with Crippen molar-refractivity contribution in [3.8, 4) is 5.75 Å². The van der Waals surface area contributed by atoms with Crippen molar-refractivity contribution in [1.82, 2.24) is 10.2 Å². The molecule has 0 saturated heterocycles. The number of amidine groups is 1. The summed E-state index contributed by atoms with van der Waals surface area (Å²) >= 11 is 3.12. The van der Waals surface area contributed by atoms with Crippen molar-refractivity contribution in [2.75, 3.05) is 12.4 Å². The number of aromatic nitrogens is 2. The van der Waals surface area contributed by atoms with Gasteiger partial charge in [-0.25, -0.2) is 0 Å². The summed E-state index contributed by atoms with van der Waals surface area (Å²) < 4.78 is 6.50. The van der Waals surface area contributed by atoms with Crippen LogP contribution in [0.2, 0.25) is 0 Å². The predicted molar refractivity (Wildman–Crippen MR) is 75.1 cm³/mol. The van der Waals surface area contributed by atoms with E-state index in [0.717, 1.165) is 15.8 Å². The topological polar surface area (TPSA) is 93.6 Å². The lowest BCUT2D eigenvalue weighted by Crippen LogP contribution is -2.12. The zero-order chi connectivity index (χ0) is 13.5. The van der Waals surface area contributed by atoms with E-state index >= 15 is 0 Å². The fourth-order valence-corrected chi connectivity index (χ4v) is 2.67. The van der Waals surface area contributed by atoms with Crippen LogP contribution in [0.25, 0.3) is 0 Å². The first kappa shape index (κ1) is 13.6. The van der Waals surface area contributed by atoms with E-state index in [4.69, 9.17) is 15.7 Å². The maximum atomic E-state index is 8.54. The van der Waals surface area contributed by atoms with Gasteiger partial charge in [0.05, 0.1) is 6.61 Å². The highest BCUT2D eigenvalue weighted by atomic mass is 32.2. The van der Waals surface area contributed by atoms with Crippen LogP contribution >= 0.6 is 23.1 Å². The number of nitrogens with zero attached hydrogens (tertiary/aromatic N) is 3. The van der Waals surface area contributed by atoms with E-state index in [0.29, 0.717) is 12.2 Å². The number of benzene rings is 1. The molecule has 2 aromatic rings. The third-order valence-electron chi connectivity index (χ3n) is 2.18. The smallest absolute Gasteiger partial charge is 0.174 e. The number of thioether (sulfide) groups is 1. The fraction of sp³-hybridized carbons (Fsp3) is 0.182. The van der Waals surface area contributed by atoms with Crippen LogP contribution in [-0.4, -0.2) is 33.6 Å². The van der Waals surface area contributed by atoms with Gasteiger partial charge in [0.25, 0.3) is 0 Å². The summed E-state index contributed by atoms with van der Waals surface area (Å²) in [6.07, 6.45) is 0. The van der Waals surface area contributed by atoms with Gasteiger partial charge in [-0.15, -0.1) is 10.2 Å². The van der Waals surface area contributed by atoms with Gasteiger partial charge in [-0.2, -0.15) is 0 Å². The average molecular weight is 296 g/mol. The number of hydrogen-bond acceptors (Lipinski definition) is 7. The molecule has 6 nitrogen and oxygen atoms in total. The molecule has 0 unspecified atom stereocenters. The summed E-state index contributed by atoms with van der Waals surface area (Å²) in [5.41, 5.74) is 7.82. The quantitative estimate of drug-likeness (QED) is 0.211. The Bertz CT molecular complexity index is 528. The first-order chi connectivity index (χ1) is 9.29. The molecule has 0 aliphatic rings. The summed E-state index contributed by atoms with van der Waals surface area (Å²) in [6, 6.07) is 7.04. The summed E-state index contributed by atoms with van der Waals surface area (Å²) in [4.78, 5) is 0. The lowest BCUT2D eigenvalue weighted by Gasteiger charge is -2.05. The highest BCUT2D eigenvalue weighted by Gasteiger charge is 2.01. The first-order valence-electron chi connectivity index (χ1n) is 5.39. The highest BCUT2D eigenvalue weighted by molar-refractivity contribution is 8.01. The first-order valence-corrected chi connectivity index (χ1v) is 7.26. The van der Waals surface area contributed by atoms with Crippen LogP contribution in [0.1, 0.15) is 5.56 Å². The van der Waals surface area contributed by atoms with Crippen molar-refractivity contribution in [3.05, 3.63) is 35.3 Å². The van der Waals surface area contributed by atoms with Crippen molar-refractivity contribution < 1.29 is 9.94 Å². The molecule has 0 radical (unpaired) electrons. The van der Waals surface area contributed by atoms with Crippen molar-refractivity contribution in [1.29, 1.82) is 0 Å².